The van der Waals surface area contributed by atoms with Gasteiger partial charge in [0.2, 0.25) is 0 Å². The number of hydrogen-bond donors (Lipinski definition) is 1. The fraction of sp³-hybridized carbons (Fsp3) is 0.286. The molecular formula is C7H5Cl2F2NO. The molecule has 0 spiro atoms. The zero-order valence-corrected chi connectivity index (χ0v) is 7.73. The van der Waals surface area contributed by atoms with Gasteiger partial charge in [0.25, 0.3) is 6.43 Å². The SMILES string of the molecule is OC(c1cc(Cl)nc(Cl)c1)C(F)F. The maximum atomic E-state index is 12.0. The number of aliphatic hydroxyl groups excluding tert-OH is 1. The van der Waals surface area contributed by atoms with E-state index in [1.807, 2.05) is 0 Å². The Bertz CT molecular complexity index is 288. The third-order valence-electron chi connectivity index (χ3n) is 1.37. The highest BCUT2D eigenvalue weighted by atomic mass is 35.5. The van der Waals surface area contributed by atoms with E-state index >= 15 is 0 Å². The quantitative estimate of drug-likeness (QED) is 0.789. The van der Waals surface area contributed by atoms with Crippen molar-refractivity contribution < 1.29 is 13.9 Å². The van der Waals surface area contributed by atoms with E-state index in [4.69, 9.17) is 28.3 Å². The first-order valence-electron chi connectivity index (χ1n) is 3.30. The number of hydrogen-bond acceptors (Lipinski definition) is 2. The highest BCUT2D eigenvalue weighted by molar-refractivity contribution is 6.32. The standard InChI is InChI=1S/C7H5Cl2F2NO/c8-4-1-3(2-5(9)12-4)6(13)7(10)11/h1-2,6-7,13H. The average molecular weight is 228 g/mol. The summed E-state index contributed by atoms with van der Waals surface area (Å²) in [7, 11) is 0. The van der Waals surface area contributed by atoms with Crippen LogP contribution in [0, 0.1) is 0 Å². The van der Waals surface area contributed by atoms with Crippen LogP contribution in [0.25, 0.3) is 0 Å². The Morgan fingerprint density at radius 2 is 1.69 bits per heavy atom. The fourth-order valence-electron chi connectivity index (χ4n) is 0.800. The molecule has 1 rings (SSSR count). The number of nitrogens with zero attached hydrogens (tertiary/aromatic N) is 1. The highest BCUT2D eigenvalue weighted by Gasteiger charge is 2.20. The molecule has 0 saturated carbocycles. The summed E-state index contributed by atoms with van der Waals surface area (Å²) in [5.74, 6) is 0. The lowest BCUT2D eigenvalue weighted by Crippen LogP contribution is -2.08. The number of aromatic nitrogens is 1. The molecule has 1 heterocycles. The van der Waals surface area contributed by atoms with Gasteiger partial charge in [-0.05, 0) is 17.7 Å². The minimum Gasteiger partial charge on any atom is -0.382 e. The van der Waals surface area contributed by atoms with Gasteiger partial charge in [0.15, 0.2) is 0 Å². The number of alkyl halides is 2. The Kier molecular flexibility index (Phi) is 3.41. The predicted molar refractivity (Wildman–Crippen MR) is 45.2 cm³/mol. The van der Waals surface area contributed by atoms with Crippen LogP contribution in [0.1, 0.15) is 11.7 Å². The second kappa shape index (κ2) is 4.17. The van der Waals surface area contributed by atoms with Crippen LogP contribution in [0.5, 0.6) is 0 Å². The minimum atomic E-state index is -2.87. The first-order valence-corrected chi connectivity index (χ1v) is 4.05. The monoisotopic (exact) mass is 227 g/mol. The summed E-state index contributed by atoms with van der Waals surface area (Å²) in [5, 5.41) is 8.90. The molecule has 1 N–H and O–H groups in total. The second-order valence-corrected chi connectivity index (χ2v) is 3.10. The van der Waals surface area contributed by atoms with Gasteiger partial charge in [-0.25, -0.2) is 13.8 Å². The summed E-state index contributed by atoms with van der Waals surface area (Å²) in [6, 6.07) is 2.29. The van der Waals surface area contributed by atoms with Gasteiger partial charge in [0, 0.05) is 0 Å². The van der Waals surface area contributed by atoms with Gasteiger partial charge in [-0.3, -0.25) is 0 Å². The summed E-state index contributed by atoms with van der Waals surface area (Å²) in [6.07, 6.45) is -4.74. The van der Waals surface area contributed by atoms with Crippen molar-refractivity contribution in [2.45, 2.75) is 12.5 Å². The maximum absolute atomic E-state index is 12.0. The molecule has 13 heavy (non-hydrogen) atoms. The van der Waals surface area contributed by atoms with Crippen LogP contribution in [0.15, 0.2) is 12.1 Å². The number of pyridine rings is 1. The number of aliphatic hydroxyl groups is 1. The van der Waals surface area contributed by atoms with Crippen molar-refractivity contribution in [2.24, 2.45) is 0 Å². The van der Waals surface area contributed by atoms with Crippen LogP contribution in [0.4, 0.5) is 8.78 Å². The van der Waals surface area contributed by atoms with Gasteiger partial charge < -0.3 is 5.11 Å². The Hall–Kier alpha value is -0.450. The van der Waals surface area contributed by atoms with E-state index < -0.39 is 12.5 Å². The van der Waals surface area contributed by atoms with Gasteiger partial charge >= 0.3 is 0 Å². The molecule has 0 amide bonds. The molecule has 0 bridgehead atoms. The van der Waals surface area contributed by atoms with Gasteiger partial charge in [0.1, 0.15) is 16.4 Å². The first kappa shape index (κ1) is 10.6. The lowest BCUT2D eigenvalue weighted by molar-refractivity contribution is -0.00580. The van der Waals surface area contributed by atoms with E-state index in [0.29, 0.717) is 0 Å². The zero-order chi connectivity index (χ0) is 10.0. The van der Waals surface area contributed by atoms with Crippen LogP contribution in [0.2, 0.25) is 10.3 Å². The minimum absolute atomic E-state index is 0.0257. The smallest absolute Gasteiger partial charge is 0.268 e. The average Bonchev–Trinajstić information content (AvgIpc) is 2.01. The molecule has 0 aliphatic carbocycles. The largest absolute Gasteiger partial charge is 0.382 e. The van der Waals surface area contributed by atoms with Crippen molar-refractivity contribution in [1.82, 2.24) is 4.98 Å². The molecular weight excluding hydrogens is 223 g/mol. The maximum Gasteiger partial charge on any atom is 0.268 e. The summed E-state index contributed by atoms with van der Waals surface area (Å²) >= 11 is 10.9. The van der Waals surface area contributed by atoms with Crippen molar-refractivity contribution in [3.63, 3.8) is 0 Å². The zero-order valence-electron chi connectivity index (χ0n) is 6.22. The Balaban J connectivity index is 3.01. The third-order valence-corrected chi connectivity index (χ3v) is 1.75. The van der Waals surface area contributed by atoms with Crippen LogP contribution in [-0.4, -0.2) is 16.5 Å². The second-order valence-electron chi connectivity index (χ2n) is 2.33. The van der Waals surface area contributed by atoms with Crippen LogP contribution in [0.3, 0.4) is 0 Å². The number of rotatable bonds is 2. The topological polar surface area (TPSA) is 33.1 Å². The summed E-state index contributed by atoms with van der Waals surface area (Å²) in [4.78, 5) is 3.55. The molecule has 1 unspecified atom stereocenters. The number of halogens is 4. The van der Waals surface area contributed by atoms with Crippen molar-refractivity contribution in [3.8, 4) is 0 Å². The lowest BCUT2D eigenvalue weighted by atomic mass is 10.1. The molecule has 0 aliphatic heterocycles. The lowest BCUT2D eigenvalue weighted by Gasteiger charge is -2.09. The normalized spacial score (nSPS) is 13.4. The predicted octanol–water partition coefficient (Wildman–Crippen LogP) is 2.69. The van der Waals surface area contributed by atoms with Gasteiger partial charge in [-0.2, -0.15) is 0 Å². The van der Waals surface area contributed by atoms with E-state index in [1.54, 1.807) is 0 Å². The molecule has 0 fully saturated rings. The molecule has 72 valence electrons. The summed E-state index contributed by atoms with van der Waals surface area (Å²) in [6.45, 7) is 0. The Morgan fingerprint density at radius 1 is 1.23 bits per heavy atom. The molecule has 1 aromatic rings. The third kappa shape index (κ3) is 2.76. The van der Waals surface area contributed by atoms with Crippen molar-refractivity contribution in [3.05, 3.63) is 28.0 Å². The van der Waals surface area contributed by atoms with Crippen LogP contribution in [-0.2, 0) is 0 Å². The molecule has 1 atom stereocenters. The van der Waals surface area contributed by atoms with Crippen molar-refractivity contribution >= 4 is 23.2 Å². The van der Waals surface area contributed by atoms with E-state index in [1.165, 1.54) is 0 Å². The summed E-state index contributed by atoms with van der Waals surface area (Å²) < 4.78 is 24.0. The van der Waals surface area contributed by atoms with E-state index in [9.17, 15) is 8.78 Å². The first-order chi connectivity index (χ1) is 6.00. The highest BCUT2D eigenvalue weighted by Crippen LogP contribution is 2.24. The molecule has 6 heteroatoms. The summed E-state index contributed by atoms with van der Waals surface area (Å²) in [5.41, 5.74) is -0.0417. The van der Waals surface area contributed by atoms with Gasteiger partial charge in [-0.1, -0.05) is 23.2 Å². The van der Waals surface area contributed by atoms with E-state index in [-0.39, 0.29) is 15.9 Å². The molecule has 0 saturated heterocycles. The van der Waals surface area contributed by atoms with E-state index in [0.717, 1.165) is 12.1 Å². The molecule has 0 aliphatic rings. The molecule has 1 aromatic heterocycles. The van der Waals surface area contributed by atoms with Gasteiger partial charge in [-0.15, -0.1) is 0 Å². The van der Waals surface area contributed by atoms with Crippen molar-refractivity contribution in [1.29, 1.82) is 0 Å². The van der Waals surface area contributed by atoms with Crippen LogP contribution < -0.4 is 0 Å². The Labute approximate surface area is 83.1 Å². The molecule has 0 aromatic carbocycles. The van der Waals surface area contributed by atoms with Crippen LogP contribution >= 0.6 is 23.2 Å². The van der Waals surface area contributed by atoms with Crippen molar-refractivity contribution in [2.75, 3.05) is 0 Å². The van der Waals surface area contributed by atoms with Gasteiger partial charge in [0.05, 0.1) is 0 Å². The van der Waals surface area contributed by atoms with E-state index in [2.05, 4.69) is 4.98 Å². The fourth-order valence-corrected chi connectivity index (χ4v) is 1.28. The Morgan fingerprint density at radius 3 is 2.08 bits per heavy atom. The molecule has 0 radical (unpaired) electrons. The molecule has 2 nitrogen and oxygen atoms in total.